The molecule has 2 N–H and O–H groups in total. The van der Waals surface area contributed by atoms with E-state index in [4.69, 9.17) is 5.11 Å². The van der Waals surface area contributed by atoms with Crippen LogP contribution in [0.1, 0.15) is 44.3 Å². The zero-order chi connectivity index (χ0) is 16.4. The van der Waals surface area contributed by atoms with Crippen molar-refractivity contribution in [3.05, 3.63) is 44.9 Å². The van der Waals surface area contributed by atoms with Gasteiger partial charge in [-0.3, -0.25) is 4.79 Å². The molecule has 0 aliphatic carbocycles. The Bertz CT molecular complexity index is 737. The average Bonchev–Trinajstić information content (AvgIpc) is 2.83. The molecule has 0 spiro atoms. The molecular weight excluding hydrogens is 300 g/mol. The number of aromatic carboxylic acids is 1. The van der Waals surface area contributed by atoms with Crippen molar-refractivity contribution in [1.82, 2.24) is 4.98 Å². The number of anilines is 1. The highest BCUT2D eigenvalue weighted by Gasteiger charge is 2.23. The largest absolute Gasteiger partial charge is 0.477 e. The van der Waals surface area contributed by atoms with E-state index in [1.54, 1.807) is 13.8 Å². The predicted octanol–water partition coefficient (Wildman–Crippen LogP) is 3.51. The van der Waals surface area contributed by atoms with Crippen molar-refractivity contribution in [2.24, 2.45) is 0 Å². The fourth-order valence-corrected chi connectivity index (χ4v) is 3.06. The van der Waals surface area contributed by atoms with Crippen molar-refractivity contribution in [1.29, 1.82) is 0 Å². The fraction of sp³-hybridized carbons (Fsp3) is 0.312. The van der Waals surface area contributed by atoms with Gasteiger partial charge in [0.15, 0.2) is 0 Å². The number of carbonyl (C=O) groups is 2. The number of nitrogens with one attached hydrogen (secondary N) is 1. The molecule has 1 amide bonds. The molecular formula is C16H18N2O3S. The molecule has 2 rings (SSSR count). The summed E-state index contributed by atoms with van der Waals surface area (Å²) in [6.45, 7) is 7.29. The quantitative estimate of drug-likeness (QED) is 0.904. The molecule has 116 valence electrons. The smallest absolute Gasteiger partial charge is 0.347 e. The number of thiazole rings is 1. The fourth-order valence-electron chi connectivity index (χ4n) is 2.11. The third-order valence-corrected chi connectivity index (χ3v) is 4.74. The number of amides is 1. The number of nitrogens with zero attached hydrogens (tertiary/aromatic N) is 1. The Hall–Kier alpha value is -2.21. The Balaban J connectivity index is 2.18. The van der Waals surface area contributed by atoms with Gasteiger partial charge in [-0.1, -0.05) is 17.7 Å². The second-order valence-electron chi connectivity index (χ2n) is 5.30. The third kappa shape index (κ3) is 3.33. The number of carboxylic acids is 1. The van der Waals surface area contributed by atoms with Crippen LogP contribution >= 0.6 is 11.3 Å². The molecule has 0 saturated carbocycles. The highest BCUT2D eigenvalue weighted by atomic mass is 32.1. The summed E-state index contributed by atoms with van der Waals surface area (Å²) in [6, 6.07) is 5.80. The Labute approximate surface area is 133 Å². The first-order valence-electron chi connectivity index (χ1n) is 6.88. The number of aryl methyl sites for hydroxylation is 3. The Morgan fingerprint density at radius 1 is 1.27 bits per heavy atom. The standard InChI is InChI=1S/C16H18N2O3S/c1-8-5-6-12(9(2)7-8)18-14(19)10(3)15-17-11(4)13(22-15)16(20)21/h5-7,10H,1-4H3,(H,18,19)(H,20,21)/t10-/m1/s1. The summed E-state index contributed by atoms with van der Waals surface area (Å²) < 4.78 is 0. The molecule has 2 aromatic rings. The normalized spacial score (nSPS) is 12.0. The van der Waals surface area contributed by atoms with Crippen LogP contribution < -0.4 is 5.32 Å². The molecule has 22 heavy (non-hydrogen) atoms. The number of carbonyl (C=O) groups excluding carboxylic acids is 1. The minimum absolute atomic E-state index is 0.182. The van der Waals surface area contributed by atoms with E-state index < -0.39 is 11.9 Å². The van der Waals surface area contributed by atoms with Gasteiger partial charge in [-0.2, -0.15) is 0 Å². The molecule has 1 aromatic heterocycles. The van der Waals surface area contributed by atoms with Crippen molar-refractivity contribution in [3.63, 3.8) is 0 Å². The number of hydrogen-bond donors (Lipinski definition) is 2. The Kier molecular flexibility index (Phi) is 4.61. The van der Waals surface area contributed by atoms with Crippen molar-refractivity contribution >= 4 is 28.9 Å². The lowest BCUT2D eigenvalue weighted by atomic mass is 10.1. The van der Waals surface area contributed by atoms with E-state index in [-0.39, 0.29) is 10.8 Å². The highest BCUT2D eigenvalue weighted by molar-refractivity contribution is 7.13. The lowest BCUT2D eigenvalue weighted by molar-refractivity contribution is -0.117. The van der Waals surface area contributed by atoms with Gasteiger partial charge in [-0.25, -0.2) is 9.78 Å². The first-order chi connectivity index (χ1) is 10.3. The average molecular weight is 318 g/mol. The molecule has 0 unspecified atom stereocenters. The molecule has 0 aliphatic rings. The number of benzene rings is 1. The van der Waals surface area contributed by atoms with Crippen LogP contribution in [0.5, 0.6) is 0 Å². The van der Waals surface area contributed by atoms with Gasteiger partial charge >= 0.3 is 5.97 Å². The van der Waals surface area contributed by atoms with E-state index in [2.05, 4.69) is 10.3 Å². The van der Waals surface area contributed by atoms with Crippen LogP contribution in [0.3, 0.4) is 0 Å². The SMILES string of the molecule is Cc1ccc(NC(=O)[C@@H](C)c2nc(C)c(C(=O)O)s2)c(C)c1. The number of hydrogen-bond acceptors (Lipinski definition) is 4. The van der Waals surface area contributed by atoms with Gasteiger partial charge in [0.1, 0.15) is 9.88 Å². The predicted molar refractivity (Wildman–Crippen MR) is 86.8 cm³/mol. The summed E-state index contributed by atoms with van der Waals surface area (Å²) in [5.74, 6) is -1.71. The van der Waals surface area contributed by atoms with Crippen LogP contribution in [0.15, 0.2) is 18.2 Å². The maximum Gasteiger partial charge on any atom is 0.347 e. The second kappa shape index (κ2) is 6.27. The maximum absolute atomic E-state index is 12.3. The number of aromatic nitrogens is 1. The van der Waals surface area contributed by atoms with E-state index in [1.165, 1.54) is 0 Å². The van der Waals surface area contributed by atoms with Crippen molar-refractivity contribution < 1.29 is 14.7 Å². The monoisotopic (exact) mass is 318 g/mol. The minimum Gasteiger partial charge on any atom is -0.477 e. The van der Waals surface area contributed by atoms with E-state index in [1.807, 2.05) is 32.0 Å². The van der Waals surface area contributed by atoms with Gasteiger partial charge in [-0.05, 0) is 39.3 Å². The van der Waals surface area contributed by atoms with Crippen LogP contribution in [0, 0.1) is 20.8 Å². The molecule has 1 heterocycles. The second-order valence-corrected chi connectivity index (χ2v) is 6.33. The topological polar surface area (TPSA) is 79.3 Å². The van der Waals surface area contributed by atoms with Gasteiger partial charge in [-0.15, -0.1) is 11.3 Å². The Morgan fingerprint density at radius 2 is 1.95 bits per heavy atom. The van der Waals surface area contributed by atoms with E-state index in [0.717, 1.165) is 28.2 Å². The van der Waals surface area contributed by atoms with E-state index >= 15 is 0 Å². The molecule has 0 saturated heterocycles. The van der Waals surface area contributed by atoms with Gasteiger partial charge in [0, 0.05) is 5.69 Å². The molecule has 0 aliphatic heterocycles. The summed E-state index contributed by atoms with van der Waals surface area (Å²) >= 11 is 1.05. The zero-order valence-electron chi connectivity index (χ0n) is 12.9. The summed E-state index contributed by atoms with van der Waals surface area (Å²) in [5.41, 5.74) is 3.32. The number of rotatable bonds is 4. The van der Waals surface area contributed by atoms with Crippen molar-refractivity contribution in [2.45, 2.75) is 33.6 Å². The van der Waals surface area contributed by atoms with Crippen LogP contribution in [0.4, 0.5) is 5.69 Å². The van der Waals surface area contributed by atoms with Crippen molar-refractivity contribution in [3.8, 4) is 0 Å². The van der Waals surface area contributed by atoms with Crippen LogP contribution in [-0.2, 0) is 4.79 Å². The third-order valence-electron chi connectivity index (χ3n) is 3.41. The van der Waals surface area contributed by atoms with E-state index in [0.29, 0.717) is 10.7 Å². The van der Waals surface area contributed by atoms with Gasteiger partial charge in [0.2, 0.25) is 5.91 Å². The number of carboxylic acid groups (broad SMARTS) is 1. The lowest BCUT2D eigenvalue weighted by Gasteiger charge is -2.12. The maximum atomic E-state index is 12.3. The molecule has 1 aromatic carbocycles. The summed E-state index contributed by atoms with van der Waals surface area (Å²) in [4.78, 5) is 27.8. The lowest BCUT2D eigenvalue weighted by Crippen LogP contribution is -2.19. The van der Waals surface area contributed by atoms with Crippen molar-refractivity contribution in [2.75, 3.05) is 5.32 Å². The first kappa shape index (κ1) is 16.2. The first-order valence-corrected chi connectivity index (χ1v) is 7.70. The molecule has 6 heteroatoms. The van der Waals surface area contributed by atoms with Crippen LogP contribution in [-0.4, -0.2) is 22.0 Å². The van der Waals surface area contributed by atoms with Crippen LogP contribution in [0.2, 0.25) is 0 Å². The summed E-state index contributed by atoms with van der Waals surface area (Å²) in [6.07, 6.45) is 0. The van der Waals surface area contributed by atoms with Gasteiger partial charge in [0.25, 0.3) is 0 Å². The molecule has 0 bridgehead atoms. The Morgan fingerprint density at radius 3 is 2.50 bits per heavy atom. The van der Waals surface area contributed by atoms with E-state index in [9.17, 15) is 9.59 Å². The minimum atomic E-state index is -1.01. The summed E-state index contributed by atoms with van der Waals surface area (Å²) in [5, 5.41) is 12.5. The van der Waals surface area contributed by atoms with Gasteiger partial charge in [0.05, 0.1) is 11.6 Å². The molecule has 0 radical (unpaired) electrons. The molecule has 0 fully saturated rings. The van der Waals surface area contributed by atoms with Gasteiger partial charge < -0.3 is 10.4 Å². The summed E-state index contributed by atoms with van der Waals surface area (Å²) in [7, 11) is 0. The molecule has 1 atom stereocenters. The molecule has 5 nitrogen and oxygen atoms in total. The highest BCUT2D eigenvalue weighted by Crippen LogP contribution is 2.26. The zero-order valence-corrected chi connectivity index (χ0v) is 13.7. The van der Waals surface area contributed by atoms with Crippen LogP contribution in [0.25, 0.3) is 0 Å².